The van der Waals surface area contributed by atoms with Gasteiger partial charge in [-0.1, -0.05) is 30.3 Å². The number of hydrogen-bond donors (Lipinski definition) is 2. The average Bonchev–Trinajstić information content (AvgIpc) is 2.67. The number of nitrogens with zero attached hydrogens (tertiary/aromatic N) is 1. The molecule has 0 saturated carbocycles. The lowest BCUT2D eigenvalue weighted by Gasteiger charge is -2.33. The third kappa shape index (κ3) is 7.31. The van der Waals surface area contributed by atoms with E-state index in [9.17, 15) is 9.59 Å². The molecule has 0 aliphatic carbocycles. The molecule has 1 aromatic rings. The number of carbonyl (C=O) groups excluding carboxylic acids is 2. The van der Waals surface area contributed by atoms with E-state index >= 15 is 0 Å². The number of amides is 2. The molecule has 1 aromatic carbocycles. The van der Waals surface area contributed by atoms with E-state index in [2.05, 4.69) is 5.32 Å². The third-order valence-corrected chi connectivity index (χ3v) is 4.86. The molecule has 150 valence electrons. The molecule has 0 bridgehead atoms. The van der Waals surface area contributed by atoms with Gasteiger partial charge < -0.3 is 20.7 Å². The summed E-state index contributed by atoms with van der Waals surface area (Å²) in [5, 5.41) is 2.98. The topological polar surface area (TPSA) is 84.7 Å². The van der Waals surface area contributed by atoms with Gasteiger partial charge in [-0.2, -0.15) is 0 Å². The molecule has 1 atom stereocenters. The fraction of sp³-hybridized carbons (Fsp3) is 0.619. The molecule has 6 heteroatoms. The molecule has 1 aliphatic heterocycles. The highest BCUT2D eigenvalue weighted by Gasteiger charge is 2.29. The largest absolute Gasteiger partial charge is 0.379 e. The summed E-state index contributed by atoms with van der Waals surface area (Å²) in [6, 6.07) is 9.28. The van der Waals surface area contributed by atoms with Crippen LogP contribution in [0.2, 0.25) is 0 Å². The molecule has 2 amide bonds. The summed E-state index contributed by atoms with van der Waals surface area (Å²) in [7, 11) is 0. The van der Waals surface area contributed by atoms with E-state index in [4.69, 9.17) is 10.5 Å². The molecule has 2 rings (SSSR count). The van der Waals surface area contributed by atoms with E-state index in [0.717, 1.165) is 12.0 Å². The molecule has 1 saturated heterocycles. The molecule has 0 aromatic heterocycles. The van der Waals surface area contributed by atoms with Gasteiger partial charge in [0.25, 0.3) is 0 Å². The molecule has 0 radical (unpaired) electrons. The second kappa shape index (κ2) is 11.0. The molecule has 0 spiro atoms. The van der Waals surface area contributed by atoms with Crippen molar-refractivity contribution in [2.24, 2.45) is 11.7 Å². The minimum absolute atomic E-state index is 0.0228. The van der Waals surface area contributed by atoms with Gasteiger partial charge in [-0.25, -0.2) is 0 Å². The van der Waals surface area contributed by atoms with Crippen molar-refractivity contribution in [1.29, 1.82) is 0 Å². The highest BCUT2D eigenvalue weighted by molar-refractivity contribution is 5.83. The van der Waals surface area contributed by atoms with Crippen LogP contribution in [0.4, 0.5) is 0 Å². The van der Waals surface area contributed by atoms with Crippen LogP contribution in [0.5, 0.6) is 0 Å². The number of hydrogen-bond acceptors (Lipinski definition) is 4. The fourth-order valence-corrected chi connectivity index (χ4v) is 3.30. The van der Waals surface area contributed by atoms with E-state index < -0.39 is 6.04 Å². The minimum Gasteiger partial charge on any atom is -0.379 e. The van der Waals surface area contributed by atoms with Crippen molar-refractivity contribution in [2.45, 2.75) is 51.7 Å². The van der Waals surface area contributed by atoms with Gasteiger partial charge in [-0.15, -0.1) is 0 Å². The van der Waals surface area contributed by atoms with Crippen LogP contribution in [-0.2, 0) is 20.7 Å². The number of rotatable bonds is 9. The second-order valence-electron chi connectivity index (χ2n) is 7.46. The zero-order chi connectivity index (χ0) is 19.6. The van der Waals surface area contributed by atoms with E-state index in [1.54, 1.807) is 4.90 Å². The highest BCUT2D eigenvalue weighted by atomic mass is 16.5. The predicted molar refractivity (Wildman–Crippen MR) is 106 cm³/mol. The van der Waals surface area contributed by atoms with E-state index in [1.807, 2.05) is 44.2 Å². The van der Waals surface area contributed by atoms with Crippen molar-refractivity contribution in [3.63, 3.8) is 0 Å². The lowest BCUT2D eigenvalue weighted by atomic mass is 9.95. The zero-order valence-electron chi connectivity index (χ0n) is 16.5. The van der Waals surface area contributed by atoms with Gasteiger partial charge in [-0.3, -0.25) is 9.59 Å². The van der Waals surface area contributed by atoms with Gasteiger partial charge >= 0.3 is 0 Å². The van der Waals surface area contributed by atoms with Crippen molar-refractivity contribution in [3.8, 4) is 0 Å². The van der Waals surface area contributed by atoms with Crippen LogP contribution < -0.4 is 11.1 Å². The summed E-state index contributed by atoms with van der Waals surface area (Å²) >= 11 is 0. The number of nitrogens with one attached hydrogen (secondary N) is 1. The SMILES string of the molecule is CC(C)OCCCNC(=O)C1CCN(C(=O)[C@@H](N)Cc2ccccc2)CC1. The molecule has 1 aliphatic rings. The predicted octanol–water partition coefficient (Wildman–Crippen LogP) is 1.73. The Morgan fingerprint density at radius 2 is 1.89 bits per heavy atom. The Morgan fingerprint density at radius 1 is 1.22 bits per heavy atom. The van der Waals surface area contributed by atoms with E-state index in [0.29, 0.717) is 45.5 Å². The summed E-state index contributed by atoms with van der Waals surface area (Å²) < 4.78 is 5.47. The fourth-order valence-electron chi connectivity index (χ4n) is 3.30. The minimum atomic E-state index is -0.529. The number of likely N-dealkylation sites (tertiary alicyclic amines) is 1. The van der Waals surface area contributed by atoms with Crippen LogP contribution in [0, 0.1) is 5.92 Å². The maximum Gasteiger partial charge on any atom is 0.239 e. The highest BCUT2D eigenvalue weighted by Crippen LogP contribution is 2.18. The van der Waals surface area contributed by atoms with Crippen molar-refractivity contribution in [3.05, 3.63) is 35.9 Å². The van der Waals surface area contributed by atoms with Crippen LogP contribution in [-0.4, -0.2) is 55.1 Å². The molecule has 3 N–H and O–H groups in total. The van der Waals surface area contributed by atoms with Gasteiger partial charge in [0.2, 0.25) is 11.8 Å². The van der Waals surface area contributed by atoms with Crippen molar-refractivity contribution in [1.82, 2.24) is 10.2 Å². The summed E-state index contributed by atoms with van der Waals surface area (Å²) in [6.07, 6.45) is 2.96. The number of piperidine rings is 1. The first-order chi connectivity index (χ1) is 13.0. The van der Waals surface area contributed by atoms with Gasteiger partial charge in [0, 0.05) is 32.2 Å². The molecule has 1 fully saturated rings. The Morgan fingerprint density at radius 3 is 2.52 bits per heavy atom. The van der Waals surface area contributed by atoms with Gasteiger partial charge in [0.05, 0.1) is 12.1 Å². The number of ether oxygens (including phenoxy) is 1. The molecule has 1 heterocycles. The second-order valence-corrected chi connectivity index (χ2v) is 7.46. The summed E-state index contributed by atoms with van der Waals surface area (Å²) in [5.41, 5.74) is 7.17. The van der Waals surface area contributed by atoms with Gasteiger partial charge in [-0.05, 0) is 45.1 Å². The number of nitrogens with two attached hydrogens (primary N) is 1. The van der Waals surface area contributed by atoms with E-state index in [1.165, 1.54) is 0 Å². The molecular weight excluding hydrogens is 342 g/mol. The summed E-state index contributed by atoms with van der Waals surface area (Å²) in [5.74, 6) is 0.0363. The normalized spacial score (nSPS) is 16.4. The first-order valence-electron chi connectivity index (χ1n) is 9.95. The first-order valence-corrected chi connectivity index (χ1v) is 9.95. The maximum atomic E-state index is 12.6. The van der Waals surface area contributed by atoms with Crippen LogP contribution in [0.3, 0.4) is 0 Å². The Hall–Kier alpha value is -1.92. The van der Waals surface area contributed by atoms with Crippen molar-refractivity contribution in [2.75, 3.05) is 26.2 Å². The Bertz CT molecular complexity index is 584. The Kier molecular flexibility index (Phi) is 8.75. The number of carbonyl (C=O) groups is 2. The van der Waals surface area contributed by atoms with Crippen LogP contribution >= 0.6 is 0 Å². The smallest absolute Gasteiger partial charge is 0.239 e. The maximum absolute atomic E-state index is 12.6. The quantitative estimate of drug-likeness (QED) is 0.644. The standard InChI is InChI=1S/C21H33N3O3/c1-16(2)27-14-6-11-23-20(25)18-9-12-24(13-10-18)21(26)19(22)15-17-7-4-3-5-8-17/h3-5,7-8,16,18-19H,6,9-15,22H2,1-2H3,(H,23,25)/t19-/m0/s1. The van der Waals surface area contributed by atoms with Crippen LogP contribution in [0.25, 0.3) is 0 Å². The first kappa shape index (κ1) is 21.4. The monoisotopic (exact) mass is 375 g/mol. The summed E-state index contributed by atoms with van der Waals surface area (Å²) in [6.45, 7) is 6.47. The number of benzene rings is 1. The lowest BCUT2D eigenvalue weighted by molar-refractivity contribution is -0.136. The summed E-state index contributed by atoms with van der Waals surface area (Å²) in [4.78, 5) is 26.6. The molecular formula is C21H33N3O3. The third-order valence-electron chi connectivity index (χ3n) is 4.86. The molecule has 27 heavy (non-hydrogen) atoms. The van der Waals surface area contributed by atoms with Gasteiger partial charge in [0.1, 0.15) is 0 Å². The van der Waals surface area contributed by atoms with Crippen LogP contribution in [0.1, 0.15) is 38.7 Å². The Labute approximate surface area is 162 Å². The van der Waals surface area contributed by atoms with Crippen molar-refractivity contribution < 1.29 is 14.3 Å². The van der Waals surface area contributed by atoms with Crippen molar-refractivity contribution >= 4 is 11.8 Å². The average molecular weight is 376 g/mol. The Balaban J connectivity index is 1.68. The van der Waals surface area contributed by atoms with E-state index in [-0.39, 0.29) is 23.8 Å². The molecule has 6 nitrogen and oxygen atoms in total. The van der Waals surface area contributed by atoms with Gasteiger partial charge in [0.15, 0.2) is 0 Å². The van der Waals surface area contributed by atoms with Crippen LogP contribution in [0.15, 0.2) is 30.3 Å². The zero-order valence-corrected chi connectivity index (χ0v) is 16.5. The molecule has 0 unspecified atom stereocenters. The lowest BCUT2D eigenvalue weighted by Crippen LogP contribution is -2.49.